The number of morpholine rings is 1. The summed E-state index contributed by atoms with van der Waals surface area (Å²) >= 11 is 0. The first kappa shape index (κ1) is 11.6. The molecular weight excluding hydrogens is 220 g/mol. The third-order valence-electron chi connectivity index (χ3n) is 2.65. The fourth-order valence-corrected chi connectivity index (χ4v) is 1.82. The minimum Gasteiger partial charge on any atom is -0.394 e. The van der Waals surface area contributed by atoms with Crippen LogP contribution in [0, 0.1) is 11.3 Å². The lowest BCUT2D eigenvalue weighted by Crippen LogP contribution is -2.51. The summed E-state index contributed by atoms with van der Waals surface area (Å²) in [6.45, 7) is 0.199. The summed E-state index contributed by atoms with van der Waals surface area (Å²) in [4.78, 5) is 13.3. The lowest BCUT2D eigenvalue weighted by molar-refractivity contribution is -0.128. The van der Waals surface area contributed by atoms with Gasteiger partial charge in [0.2, 0.25) is 0 Å². The average molecular weight is 232 g/mol. The molecular formula is C12H12N2O3. The van der Waals surface area contributed by atoms with Crippen LogP contribution in [0.3, 0.4) is 0 Å². The van der Waals surface area contributed by atoms with E-state index in [4.69, 9.17) is 10.00 Å². The number of benzene rings is 1. The Bertz CT molecular complexity index is 450. The third-order valence-corrected chi connectivity index (χ3v) is 2.65. The van der Waals surface area contributed by atoms with Gasteiger partial charge < -0.3 is 14.7 Å². The maximum atomic E-state index is 11.7. The van der Waals surface area contributed by atoms with Crippen molar-refractivity contribution in [1.29, 1.82) is 5.26 Å². The summed E-state index contributed by atoms with van der Waals surface area (Å²) < 4.78 is 5.08. The van der Waals surface area contributed by atoms with Gasteiger partial charge in [0, 0.05) is 5.69 Å². The van der Waals surface area contributed by atoms with Gasteiger partial charge >= 0.3 is 0 Å². The molecule has 1 heterocycles. The molecule has 2 rings (SSSR count). The Labute approximate surface area is 98.8 Å². The van der Waals surface area contributed by atoms with E-state index in [1.54, 1.807) is 24.3 Å². The number of hydrogen-bond acceptors (Lipinski definition) is 4. The first-order chi connectivity index (χ1) is 8.26. The minimum atomic E-state index is -0.357. The summed E-state index contributed by atoms with van der Waals surface area (Å²) in [5, 5.41) is 17.9. The van der Waals surface area contributed by atoms with E-state index in [9.17, 15) is 9.90 Å². The normalized spacial score (nSPS) is 20.1. The second-order valence-electron chi connectivity index (χ2n) is 3.77. The molecule has 1 aliphatic rings. The predicted molar refractivity (Wildman–Crippen MR) is 60.3 cm³/mol. The topological polar surface area (TPSA) is 73.6 Å². The summed E-state index contributed by atoms with van der Waals surface area (Å²) in [7, 11) is 0. The zero-order chi connectivity index (χ0) is 12.3. The molecule has 17 heavy (non-hydrogen) atoms. The van der Waals surface area contributed by atoms with Gasteiger partial charge in [-0.2, -0.15) is 5.26 Å². The van der Waals surface area contributed by atoms with Crippen LogP contribution < -0.4 is 4.90 Å². The largest absolute Gasteiger partial charge is 0.394 e. The van der Waals surface area contributed by atoms with Gasteiger partial charge in [-0.05, 0) is 24.3 Å². The van der Waals surface area contributed by atoms with Gasteiger partial charge in [-0.15, -0.1) is 0 Å². The van der Waals surface area contributed by atoms with Crippen LogP contribution in [0.4, 0.5) is 5.69 Å². The number of ether oxygens (including phenoxy) is 1. The van der Waals surface area contributed by atoms with Crippen molar-refractivity contribution in [3.8, 4) is 6.07 Å². The molecule has 1 aliphatic heterocycles. The van der Waals surface area contributed by atoms with Crippen LogP contribution in [0.2, 0.25) is 0 Å². The van der Waals surface area contributed by atoms with Crippen molar-refractivity contribution < 1.29 is 14.6 Å². The van der Waals surface area contributed by atoms with Gasteiger partial charge in [0.25, 0.3) is 5.91 Å². The van der Waals surface area contributed by atoms with Crippen molar-refractivity contribution in [3.05, 3.63) is 29.8 Å². The van der Waals surface area contributed by atoms with Crippen LogP contribution in [-0.2, 0) is 9.53 Å². The Balaban J connectivity index is 2.28. The van der Waals surface area contributed by atoms with Gasteiger partial charge in [-0.1, -0.05) is 0 Å². The molecule has 0 aliphatic carbocycles. The van der Waals surface area contributed by atoms with E-state index in [1.165, 1.54) is 4.90 Å². The highest BCUT2D eigenvalue weighted by molar-refractivity contribution is 5.95. The van der Waals surface area contributed by atoms with Crippen molar-refractivity contribution in [2.45, 2.75) is 6.04 Å². The Morgan fingerprint density at radius 2 is 2.18 bits per heavy atom. The lowest BCUT2D eigenvalue weighted by atomic mass is 10.1. The molecule has 0 radical (unpaired) electrons. The average Bonchev–Trinajstić information content (AvgIpc) is 2.38. The van der Waals surface area contributed by atoms with Gasteiger partial charge in [-0.25, -0.2) is 0 Å². The van der Waals surface area contributed by atoms with Crippen LogP contribution in [0.5, 0.6) is 0 Å². The summed E-state index contributed by atoms with van der Waals surface area (Å²) in [6.07, 6.45) is 0. The van der Waals surface area contributed by atoms with Gasteiger partial charge in [-0.3, -0.25) is 4.79 Å². The summed E-state index contributed by atoms with van der Waals surface area (Å²) in [6, 6.07) is 8.35. The first-order valence-corrected chi connectivity index (χ1v) is 5.27. The van der Waals surface area contributed by atoms with Crippen LogP contribution in [0.15, 0.2) is 24.3 Å². The molecule has 0 saturated carbocycles. The number of carbonyl (C=O) groups is 1. The molecule has 1 aromatic rings. The molecule has 5 nitrogen and oxygen atoms in total. The zero-order valence-electron chi connectivity index (χ0n) is 9.17. The number of aliphatic hydroxyl groups excluding tert-OH is 1. The summed E-state index contributed by atoms with van der Waals surface area (Å²) in [5.41, 5.74) is 1.21. The maximum absolute atomic E-state index is 11.7. The van der Waals surface area contributed by atoms with Crippen LogP contribution in [0.1, 0.15) is 5.56 Å². The molecule has 1 amide bonds. The van der Waals surface area contributed by atoms with Crippen LogP contribution in [-0.4, -0.2) is 36.9 Å². The molecule has 0 spiro atoms. The van der Waals surface area contributed by atoms with Gasteiger partial charge in [0.15, 0.2) is 0 Å². The van der Waals surface area contributed by atoms with Crippen molar-refractivity contribution in [2.75, 3.05) is 24.7 Å². The highest BCUT2D eigenvalue weighted by atomic mass is 16.5. The molecule has 88 valence electrons. The number of amides is 1. The number of nitriles is 1. The van der Waals surface area contributed by atoms with E-state index in [0.717, 1.165) is 0 Å². The maximum Gasteiger partial charge on any atom is 0.253 e. The molecule has 0 bridgehead atoms. The number of aliphatic hydroxyl groups is 1. The van der Waals surface area contributed by atoms with Crippen LogP contribution >= 0.6 is 0 Å². The van der Waals surface area contributed by atoms with E-state index >= 15 is 0 Å². The predicted octanol–water partition coefficient (Wildman–Crippen LogP) is 0.282. The second kappa shape index (κ2) is 4.95. The molecule has 1 saturated heterocycles. The fraction of sp³-hybridized carbons (Fsp3) is 0.333. The highest BCUT2D eigenvalue weighted by Crippen LogP contribution is 2.20. The van der Waals surface area contributed by atoms with Gasteiger partial charge in [0.1, 0.15) is 6.61 Å². The SMILES string of the molecule is N#Cc1ccc(N2C(=O)COCC2CO)cc1. The Hall–Kier alpha value is -1.90. The molecule has 1 atom stereocenters. The molecule has 0 aromatic heterocycles. The number of carbonyl (C=O) groups excluding carboxylic acids is 1. The Morgan fingerprint density at radius 3 is 2.76 bits per heavy atom. The Morgan fingerprint density at radius 1 is 1.47 bits per heavy atom. The van der Waals surface area contributed by atoms with Crippen molar-refractivity contribution in [1.82, 2.24) is 0 Å². The third kappa shape index (κ3) is 2.28. The van der Waals surface area contributed by atoms with Crippen molar-refractivity contribution in [3.63, 3.8) is 0 Å². The molecule has 1 unspecified atom stereocenters. The molecule has 1 fully saturated rings. The van der Waals surface area contributed by atoms with E-state index in [0.29, 0.717) is 17.9 Å². The van der Waals surface area contributed by atoms with Crippen LogP contribution in [0.25, 0.3) is 0 Å². The first-order valence-electron chi connectivity index (χ1n) is 5.27. The smallest absolute Gasteiger partial charge is 0.253 e. The monoisotopic (exact) mass is 232 g/mol. The number of anilines is 1. The summed E-state index contributed by atoms with van der Waals surface area (Å²) in [5.74, 6) is -0.181. The highest BCUT2D eigenvalue weighted by Gasteiger charge is 2.29. The van der Waals surface area contributed by atoms with Crippen molar-refractivity contribution in [2.24, 2.45) is 0 Å². The molecule has 1 N–H and O–H groups in total. The lowest BCUT2D eigenvalue weighted by Gasteiger charge is -2.34. The van der Waals surface area contributed by atoms with E-state index in [2.05, 4.69) is 0 Å². The van der Waals surface area contributed by atoms with E-state index < -0.39 is 0 Å². The second-order valence-corrected chi connectivity index (χ2v) is 3.77. The number of rotatable bonds is 2. The minimum absolute atomic E-state index is 0.0243. The van der Waals surface area contributed by atoms with Gasteiger partial charge in [0.05, 0.1) is 30.9 Å². The molecule has 5 heteroatoms. The Kier molecular flexibility index (Phi) is 3.38. The number of nitrogens with zero attached hydrogens (tertiary/aromatic N) is 2. The quantitative estimate of drug-likeness (QED) is 0.795. The van der Waals surface area contributed by atoms with Crippen molar-refractivity contribution >= 4 is 11.6 Å². The standard InChI is InChI=1S/C12H12N2O3/c13-5-9-1-3-10(4-2-9)14-11(6-15)7-17-8-12(14)16/h1-4,11,15H,6-8H2. The fourth-order valence-electron chi connectivity index (χ4n) is 1.82. The van der Waals surface area contributed by atoms with E-state index in [-0.39, 0.29) is 25.2 Å². The van der Waals surface area contributed by atoms with E-state index in [1.807, 2.05) is 6.07 Å². The number of hydrogen-bond donors (Lipinski definition) is 1. The molecule has 1 aromatic carbocycles. The zero-order valence-corrected chi connectivity index (χ0v) is 9.17.